The molecule has 0 aromatic heterocycles. The quantitative estimate of drug-likeness (QED) is 0.814. The average molecular weight is 250 g/mol. The fourth-order valence-electron chi connectivity index (χ4n) is 1.90. The fourth-order valence-corrected chi connectivity index (χ4v) is 1.90. The highest BCUT2D eigenvalue weighted by Gasteiger charge is 2.14. The van der Waals surface area contributed by atoms with Crippen molar-refractivity contribution in [1.82, 2.24) is 5.32 Å². The second-order valence-electron chi connectivity index (χ2n) is 5.39. The van der Waals surface area contributed by atoms with Crippen LogP contribution < -0.4 is 10.2 Å². The number of nitrogens with zero attached hydrogens (tertiary/aromatic N) is 1. The highest BCUT2D eigenvalue weighted by Crippen LogP contribution is 2.24. The molecule has 2 N–H and O–H groups in total. The molecule has 0 fully saturated rings. The lowest BCUT2D eigenvalue weighted by atomic mass is 10.0. The van der Waals surface area contributed by atoms with Crippen LogP contribution in [0.15, 0.2) is 24.3 Å². The Labute approximate surface area is 111 Å². The molecule has 3 heteroatoms. The number of anilines is 1. The number of benzene rings is 1. The highest BCUT2D eigenvalue weighted by molar-refractivity contribution is 5.53. The van der Waals surface area contributed by atoms with Crippen molar-refractivity contribution in [2.75, 3.05) is 25.5 Å². The smallest absolute Gasteiger partial charge is 0.0687 e. The zero-order valence-electron chi connectivity index (χ0n) is 12.1. The summed E-state index contributed by atoms with van der Waals surface area (Å²) in [6.45, 7) is 6.82. The van der Waals surface area contributed by atoms with Crippen LogP contribution in [0.3, 0.4) is 0 Å². The minimum absolute atomic E-state index is 0.233. The molecule has 0 aliphatic rings. The number of hydrogen-bond donors (Lipinski definition) is 2. The van der Waals surface area contributed by atoms with E-state index >= 15 is 0 Å². The topological polar surface area (TPSA) is 35.5 Å². The summed E-state index contributed by atoms with van der Waals surface area (Å²) in [6, 6.07) is 8.59. The van der Waals surface area contributed by atoms with E-state index < -0.39 is 0 Å². The monoisotopic (exact) mass is 250 g/mol. The van der Waals surface area contributed by atoms with Crippen LogP contribution in [-0.2, 0) is 0 Å². The van der Waals surface area contributed by atoms with Crippen molar-refractivity contribution < 1.29 is 5.11 Å². The summed E-state index contributed by atoms with van der Waals surface area (Å²) in [7, 11) is 4.10. The van der Waals surface area contributed by atoms with Crippen LogP contribution >= 0.6 is 0 Å². The highest BCUT2D eigenvalue weighted by atomic mass is 16.3. The van der Waals surface area contributed by atoms with Crippen molar-refractivity contribution in [2.24, 2.45) is 5.92 Å². The number of nitrogens with one attached hydrogen (secondary N) is 1. The number of aliphatic hydroxyl groups is 1. The van der Waals surface area contributed by atoms with Gasteiger partial charge in [-0.2, -0.15) is 0 Å². The van der Waals surface area contributed by atoms with E-state index in [1.165, 1.54) is 11.3 Å². The molecule has 1 aromatic rings. The second kappa shape index (κ2) is 6.76. The van der Waals surface area contributed by atoms with Gasteiger partial charge in [0.25, 0.3) is 0 Å². The maximum atomic E-state index is 9.83. The van der Waals surface area contributed by atoms with Crippen LogP contribution in [0.2, 0.25) is 0 Å². The Balaban J connectivity index is 2.69. The largest absolute Gasteiger partial charge is 0.392 e. The lowest BCUT2D eigenvalue weighted by Gasteiger charge is -2.24. The summed E-state index contributed by atoms with van der Waals surface area (Å²) in [5.74, 6) is 0.286. The Hall–Kier alpha value is -1.06. The van der Waals surface area contributed by atoms with Gasteiger partial charge in [-0.1, -0.05) is 32.0 Å². The number of rotatable bonds is 6. The fraction of sp³-hybridized carbons (Fsp3) is 0.600. The van der Waals surface area contributed by atoms with Crippen LogP contribution in [0.4, 0.5) is 5.69 Å². The van der Waals surface area contributed by atoms with Gasteiger partial charge in [0.2, 0.25) is 0 Å². The van der Waals surface area contributed by atoms with E-state index in [2.05, 4.69) is 55.5 Å². The summed E-state index contributed by atoms with van der Waals surface area (Å²) >= 11 is 0. The van der Waals surface area contributed by atoms with Gasteiger partial charge in [0.15, 0.2) is 0 Å². The number of aliphatic hydroxyl groups excluding tert-OH is 1. The molecule has 3 nitrogen and oxygen atoms in total. The van der Waals surface area contributed by atoms with Crippen molar-refractivity contribution >= 4 is 5.69 Å². The van der Waals surface area contributed by atoms with E-state index in [4.69, 9.17) is 0 Å². The molecule has 102 valence electrons. The lowest BCUT2D eigenvalue weighted by molar-refractivity contribution is 0.121. The van der Waals surface area contributed by atoms with E-state index in [1.54, 1.807) is 0 Å². The Bertz CT molecular complexity index is 363. The first-order valence-electron chi connectivity index (χ1n) is 6.61. The van der Waals surface area contributed by atoms with Gasteiger partial charge in [-0.05, 0) is 24.5 Å². The molecule has 1 rings (SSSR count). The Morgan fingerprint density at radius 3 is 2.33 bits per heavy atom. The first-order chi connectivity index (χ1) is 8.43. The lowest BCUT2D eigenvalue weighted by Crippen LogP contribution is -2.32. The molecule has 0 bridgehead atoms. The maximum absolute atomic E-state index is 9.83. The SMILES string of the molecule is CC(NCC(O)C(C)C)c1ccccc1N(C)C. The summed E-state index contributed by atoms with van der Waals surface area (Å²) in [5.41, 5.74) is 2.48. The van der Waals surface area contributed by atoms with Gasteiger partial charge >= 0.3 is 0 Å². The van der Waals surface area contributed by atoms with E-state index in [1.807, 2.05) is 13.8 Å². The maximum Gasteiger partial charge on any atom is 0.0687 e. The van der Waals surface area contributed by atoms with Gasteiger partial charge in [0, 0.05) is 32.4 Å². The van der Waals surface area contributed by atoms with Crippen LogP contribution in [0.25, 0.3) is 0 Å². The van der Waals surface area contributed by atoms with Crippen LogP contribution in [-0.4, -0.2) is 31.9 Å². The number of para-hydroxylation sites is 1. The van der Waals surface area contributed by atoms with Crippen molar-refractivity contribution in [3.05, 3.63) is 29.8 Å². The predicted octanol–water partition coefficient (Wildman–Crippen LogP) is 2.42. The van der Waals surface area contributed by atoms with Crippen LogP contribution in [0.1, 0.15) is 32.4 Å². The summed E-state index contributed by atoms with van der Waals surface area (Å²) in [6.07, 6.45) is -0.293. The normalized spacial score (nSPS) is 14.6. The zero-order chi connectivity index (χ0) is 13.7. The molecule has 2 atom stereocenters. The Morgan fingerprint density at radius 1 is 1.17 bits per heavy atom. The molecular weight excluding hydrogens is 224 g/mol. The van der Waals surface area contributed by atoms with Gasteiger partial charge in [0.05, 0.1) is 6.10 Å². The molecule has 0 amide bonds. The first kappa shape index (κ1) is 15.0. The molecule has 0 radical (unpaired) electrons. The predicted molar refractivity (Wildman–Crippen MR) is 78.0 cm³/mol. The summed E-state index contributed by atoms with van der Waals surface area (Å²) in [5, 5.41) is 13.2. The molecule has 0 spiro atoms. The third-order valence-electron chi connectivity index (χ3n) is 3.29. The minimum atomic E-state index is -0.293. The van der Waals surface area contributed by atoms with E-state index in [0.29, 0.717) is 6.54 Å². The standard InChI is InChI=1S/C15H26N2O/c1-11(2)15(18)10-16-12(3)13-8-6-7-9-14(13)17(4)5/h6-9,11-12,15-16,18H,10H2,1-5H3. The molecule has 2 unspecified atom stereocenters. The zero-order valence-corrected chi connectivity index (χ0v) is 12.1. The van der Waals surface area contributed by atoms with Gasteiger partial charge in [-0.15, -0.1) is 0 Å². The van der Waals surface area contributed by atoms with Crippen molar-refractivity contribution in [3.8, 4) is 0 Å². The van der Waals surface area contributed by atoms with E-state index in [-0.39, 0.29) is 18.1 Å². The first-order valence-corrected chi connectivity index (χ1v) is 6.61. The summed E-state index contributed by atoms with van der Waals surface area (Å²) < 4.78 is 0. The van der Waals surface area contributed by atoms with Gasteiger partial charge in [0.1, 0.15) is 0 Å². The minimum Gasteiger partial charge on any atom is -0.392 e. The van der Waals surface area contributed by atoms with Crippen molar-refractivity contribution in [3.63, 3.8) is 0 Å². The van der Waals surface area contributed by atoms with E-state index in [0.717, 1.165) is 0 Å². The van der Waals surface area contributed by atoms with E-state index in [9.17, 15) is 5.11 Å². The van der Waals surface area contributed by atoms with Gasteiger partial charge in [-0.25, -0.2) is 0 Å². The van der Waals surface area contributed by atoms with Gasteiger partial charge in [-0.3, -0.25) is 0 Å². The molecule has 1 aromatic carbocycles. The van der Waals surface area contributed by atoms with Crippen LogP contribution in [0, 0.1) is 5.92 Å². The number of hydrogen-bond acceptors (Lipinski definition) is 3. The molecule has 0 saturated carbocycles. The van der Waals surface area contributed by atoms with Crippen LogP contribution in [0.5, 0.6) is 0 Å². The summed E-state index contributed by atoms with van der Waals surface area (Å²) in [4.78, 5) is 2.12. The Kier molecular flexibility index (Phi) is 5.63. The second-order valence-corrected chi connectivity index (χ2v) is 5.39. The van der Waals surface area contributed by atoms with Crippen molar-refractivity contribution in [2.45, 2.75) is 32.9 Å². The average Bonchev–Trinajstić information content (AvgIpc) is 2.35. The van der Waals surface area contributed by atoms with Gasteiger partial charge < -0.3 is 15.3 Å². The molecule has 0 saturated heterocycles. The molecular formula is C15H26N2O. The molecule has 0 heterocycles. The molecule has 18 heavy (non-hydrogen) atoms. The molecule has 0 aliphatic carbocycles. The third-order valence-corrected chi connectivity index (χ3v) is 3.29. The Morgan fingerprint density at radius 2 is 1.78 bits per heavy atom. The third kappa shape index (κ3) is 4.00. The molecule has 0 aliphatic heterocycles. The van der Waals surface area contributed by atoms with Crippen molar-refractivity contribution in [1.29, 1.82) is 0 Å².